The number of amides is 1. The molecule has 2 saturated heterocycles. The van der Waals surface area contributed by atoms with Crippen LogP contribution >= 0.6 is 15.9 Å². The van der Waals surface area contributed by atoms with Crippen LogP contribution in [0.15, 0.2) is 64.0 Å². The number of nitrogens with zero attached hydrogens (tertiary/aromatic N) is 1. The number of sulfonamides is 1. The summed E-state index contributed by atoms with van der Waals surface area (Å²) in [5.41, 5.74) is 1.12. The smallest absolute Gasteiger partial charge is 0.240 e. The van der Waals surface area contributed by atoms with Gasteiger partial charge in [0.2, 0.25) is 15.9 Å². The number of hydrogen-bond donors (Lipinski definition) is 1. The first kappa shape index (κ1) is 23.1. The van der Waals surface area contributed by atoms with E-state index < -0.39 is 10.0 Å². The Morgan fingerprint density at radius 3 is 2.52 bits per heavy atom. The molecule has 2 aromatic carbocycles. The molecule has 1 amide bonds. The molecule has 2 aliphatic heterocycles. The number of nitrogens with one attached hydrogen (secondary N) is 1. The Kier molecular flexibility index (Phi) is 6.40. The summed E-state index contributed by atoms with van der Waals surface area (Å²) in [5.74, 6) is 0.748. The molecule has 176 valence electrons. The molecular weight excluding hydrogens is 500 g/mol. The summed E-state index contributed by atoms with van der Waals surface area (Å²) in [6, 6.07) is 17.1. The molecule has 1 spiro atoms. The fraction of sp³-hybridized carbons (Fsp3) is 0.500. The van der Waals surface area contributed by atoms with Gasteiger partial charge in [0.15, 0.2) is 0 Å². The fourth-order valence-corrected chi connectivity index (χ4v) is 8.28. The highest BCUT2D eigenvalue weighted by molar-refractivity contribution is 9.10. The molecule has 4 atom stereocenters. The summed E-state index contributed by atoms with van der Waals surface area (Å²) in [6.07, 6.45) is 7.04. The highest BCUT2D eigenvalue weighted by Crippen LogP contribution is 2.52. The van der Waals surface area contributed by atoms with Gasteiger partial charge in [-0.05, 0) is 86.6 Å². The Labute approximate surface area is 205 Å². The van der Waals surface area contributed by atoms with Crippen LogP contribution < -0.4 is 4.72 Å². The second kappa shape index (κ2) is 9.16. The van der Waals surface area contributed by atoms with Gasteiger partial charge in [0.1, 0.15) is 0 Å². The summed E-state index contributed by atoms with van der Waals surface area (Å²) >= 11 is 3.39. The van der Waals surface area contributed by atoms with Crippen LogP contribution in [0.25, 0.3) is 0 Å². The van der Waals surface area contributed by atoms with Crippen LogP contribution in [0, 0.1) is 11.8 Å². The van der Waals surface area contributed by atoms with Gasteiger partial charge in [0.05, 0.1) is 4.90 Å². The molecule has 0 unspecified atom stereocenters. The lowest BCUT2D eigenvalue weighted by Gasteiger charge is -2.53. The van der Waals surface area contributed by atoms with E-state index in [9.17, 15) is 13.2 Å². The Hall–Kier alpha value is -1.70. The van der Waals surface area contributed by atoms with Gasteiger partial charge < -0.3 is 4.90 Å². The second-order valence-corrected chi connectivity index (χ2v) is 12.5. The van der Waals surface area contributed by atoms with Crippen LogP contribution in [-0.4, -0.2) is 37.4 Å². The van der Waals surface area contributed by atoms with Crippen molar-refractivity contribution in [2.75, 3.05) is 6.54 Å². The molecule has 1 N–H and O–H groups in total. The molecule has 1 aliphatic carbocycles. The molecule has 0 bridgehead atoms. The SMILES string of the molecule is O=C1CCC[C@H]2[C@@H](Cc3ccccc3)[C@@H](NS(=O)(=O)c3ccc(Br)cc3)CC[C@]23CCCN13. The third-order valence-corrected chi connectivity index (χ3v) is 10.1. The van der Waals surface area contributed by atoms with Gasteiger partial charge in [-0.1, -0.05) is 46.3 Å². The van der Waals surface area contributed by atoms with Gasteiger partial charge in [0, 0.05) is 29.0 Å². The normalized spacial score (nSPS) is 29.9. The molecule has 0 aromatic heterocycles. The van der Waals surface area contributed by atoms with E-state index in [1.54, 1.807) is 24.3 Å². The van der Waals surface area contributed by atoms with Crippen LogP contribution in [0.4, 0.5) is 0 Å². The van der Waals surface area contributed by atoms with E-state index >= 15 is 0 Å². The molecule has 3 aliphatic rings. The summed E-state index contributed by atoms with van der Waals surface area (Å²) in [6.45, 7) is 0.850. The Bertz CT molecular complexity index is 1110. The van der Waals surface area contributed by atoms with Gasteiger partial charge >= 0.3 is 0 Å². The zero-order valence-electron chi connectivity index (χ0n) is 18.8. The monoisotopic (exact) mass is 530 g/mol. The summed E-state index contributed by atoms with van der Waals surface area (Å²) < 4.78 is 30.6. The van der Waals surface area contributed by atoms with Crippen molar-refractivity contribution in [1.82, 2.24) is 9.62 Å². The van der Waals surface area contributed by atoms with E-state index in [2.05, 4.69) is 37.7 Å². The van der Waals surface area contributed by atoms with Crippen molar-refractivity contribution in [2.45, 2.75) is 67.8 Å². The van der Waals surface area contributed by atoms with Gasteiger partial charge in [-0.25, -0.2) is 13.1 Å². The lowest BCUT2D eigenvalue weighted by Crippen LogP contribution is -2.60. The van der Waals surface area contributed by atoms with Crippen LogP contribution in [0.5, 0.6) is 0 Å². The van der Waals surface area contributed by atoms with Crippen molar-refractivity contribution in [3.8, 4) is 0 Å². The third-order valence-electron chi connectivity index (χ3n) is 8.09. The number of carbonyl (C=O) groups excluding carboxylic acids is 1. The summed E-state index contributed by atoms with van der Waals surface area (Å²) in [5, 5.41) is 0. The Morgan fingerprint density at radius 1 is 1.00 bits per heavy atom. The van der Waals surface area contributed by atoms with Gasteiger partial charge in [-0.2, -0.15) is 0 Å². The van der Waals surface area contributed by atoms with Crippen molar-refractivity contribution in [1.29, 1.82) is 0 Å². The lowest BCUT2D eigenvalue weighted by atomic mass is 9.61. The Morgan fingerprint density at radius 2 is 1.76 bits per heavy atom. The number of halogens is 1. The zero-order chi connectivity index (χ0) is 23.1. The fourth-order valence-electron chi connectivity index (χ4n) is 6.69. The minimum Gasteiger partial charge on any atom is -0.337 e. The Balaban J connectivity index is 1.49. The number of rotatable bonds is 5. The average molecular weight is 532 g/mol. The zero-order valence-corrected chi connectivity index (χ0v) is 21.2. The van der Waals surface area contributed by atoms with Crippen molar-refractivity contribution in [3.05, 3.63) is 64.6 Å². The molecule has 2 aromatic rings. The highest BCUT2D eigenvalue weighted by Gasteiger charge is 2.56. The van der Waals surface area contributed by atoms with E-state index in [-0.39, 0.29) is 17.5 Å². The molecule has 2 heterocycles. The maximum Gasteiger partial charge on any atom is 0.240 e. The molecular formula is C26H31BrN2O3S. The van der Waals surface area contributed by atoms with E-state index in [0.29, 0.717) is 23.1 Å². The minimum atomic E-state index is -3.64. The van der Waals surface area contributed by atoms with Crippen LogP contribution in [0.1, 0.15) is 50.5 Å². The van der Waals surface area contributed by atoms with Crippen molar-refractivity contribution in [3.63, 3.8) is 0 Å². The van der Waals surface area contributed by atoms with Crippen molar-refractivity contribution in [2.24, 2.45) is 11.8 Å². The van der Waals surface area contributed by atoms with Gasteiger partial charge in [-0.3, -0.25) is 4.79 Å². The van der Waals surface area contributed by atoms with Crippen LogP contribution in [0.2, 0.25) is 0 Å². The summed E-state index contributed by atoms with van der Waals surface area (Å²) in [7, 11) is -3.64. The standard InChI is InChI=1S/C26H31BrN2O3S/c27-20-10-12-21(13-11-20)33(31,32)28-24-14-16-26-15-5-17-29(26)25(30)9-4-8-23(26)22(24)18-19-6-2-1-3-7-19/h1-3,6-7,10-13,22-24,28H,4-5,8-9,14-18H2/t22-,23+,24+,26-/m1/s1. The first-order valence-corrected chi connectivity index (χ1v) is 14.3. The summed E-state index contributed by atoms with van der Waals surface area (Å²) in [4.78, 5) is 15.4. The molecule has 5 rings (SSSR count). The van der Waals surface area contributed by atoms with Crippen molar-refractivity contribution < 1.29 is 13.2 Å². The number of benzene rings is 2. The first-order valence-electron chi connectivity index (χ1n) is 12.0. The maximum absolute atomic E-state index is 13.3. The maximum atomic E-state index is 13.3. The van der Waals surface area contributed by atoms with Crippen molar-refractivity contribution >= 4 is 31.9 Å². The second-order valence-electron chi connectivity index (χ2n) is 9.83. The highest BCUT2D eigenvalue weighted by atomic mass is 79.9. The number of hydrogen-bond acceptors (Lipinski definition) is 3. The molecule has 3 fully saturated rings. The lowest BCUT2D eigenvalue weighted by molar-refractivity contribution is -0.138. The predicted molar refractivity (Wildman–Crippen MR) is 132 cm³/mol. The van der Waals surface area contributed by atoms with E-state index in [1.807, 2.05) is 18.2 Å². The largest absolute Gasteiger partial charge is 0.337 e. The number of carbonyl (C=O) groups is 1. The molecule has 7 heteroatoms. The molecule has 0 radical (unpaired) electrons. The van der Waals surface area contributed by atoms with Crippen LogP contribution in [0.3, 0.4) is 0 Å². The van der Waals surface area contributed by atoms with Crippen LogP contribution in [-0.2, 0) is 21.2 Å². The minimum absolute atomic E-state index is 0.105. The third kappa shape index (κ3) is 4.40. The van der Waals surface area contributed by atoms with E-state index in [4.69, 9.17) is 0 Å². The quantitative estimate of drug-likeness (QED) is 0.597. The predicted octanol–water partition coefficient (Wildman–Crippen LogP) is 4.91. The van der Waals surface area contributed by atoms with Gasteiger partial charge in [0.25, 0.3) is 0 Å². The topological polar surface area (TPSA) is 66.5 Å². The average Bonchev–Trinajstić information content (AvgIpc) is 3.17. The molecule has 1 saturated carbocycles. The molecule has 33 heavy (non-hydrogen) atoms. The van der Waals surface area contributed by atoms with E-state index in [0.717, 1.165) is 56.0 Å². The van der Waals surface area contributed by atoms with Gasteiger partial charge in [-0.15, -0.1) is 0 Å². The van der Waals surface area contributed by atoms with E-state index in [1.165, 1.54) is 5.56 Å². The first-order chi connectivity index (χ1) is 15.9. The molecule has 5 nitrogen and oxygen atoms in total.